The smallest absolute Gasteiger partial charge is 0.261 e. The predicted molar refractivity (Wildman–Crippen MR) is 115 cm³/mol. The van der Waals surface area contributed by atoms with E-state index in [2.05, 4.69) is 10.3 Å². The van der Waals surface area contributed by atoms with Gasteiger partial charge in [-0.25, -0.2) is 4.99 Å². The van der Waals surface area contributed by atoms with Gasteiger partial charge in [0.25, 0.3) is 5.91 Å². The van der Waals surface area contributed by atoms with Crippen LogP contribution in [-0.2, 0) is 0 Å². The van der Waals surface area contributed by atoms with E-state index in [1.165, 1.54) is 0 Å². The molecule has 1 amide bonds. The lowest BCUT2D eigenvalue weighted by Gasteiger charge is -2.10. The summed E-state index contributed by atoms with van der Waals surface area (Å²) in [4.78, 5) is 17.7. The first-order valence-electron chi connectivity index (χ1n) is 9.34. The number of fused-ring (bicyclic) bond motifs is 1. The van der Waals surface area contributed by atoms with Gasteiger partial charge >= 0.3 is 0 Å². The van der Waals surface area contributed by atoms with Crippen LogP contribution < -0.4 is 20.3 Å². The number of hydrogen-bond donors (Lipinski definition) is 1. The van der Waals surface area contributed by atoms with Gasteiger partial charge in [-0.05, 0) is 36.4 Å². The molecule has 1 N–H and O–H groups in total. The van der Waals surface area contributed by atoms with Crippen molar-refractivity contribution < 1.29 is 18.7 Å². The van der Waals surface area contributed by atoms with E-state index in [1.54, 1.807) is 38.5 Å². The lowest BCUT2D eigenvalue weighted by atomic mass is 10.1. The van der Waals surface area contributed by atoms with Gasteiger partial charge in [-0.1, -0.05) is 36.4 Å². The third kappa shape index (κ3) is 4.03. The van der Waals surface area contributed by atoms with Gasteiger partial charge in [0.2, 0.25) is 5.55 Å². The number of benzene rings is 3. The summed E-state index contributed by atoms with van der Waals surface area (Å²) >= 11 is 0. The van der Waals surface area contributed by atoms with Crippen molar-refractivity contribution in [3.05, 3.63) is 90.0 Å². The quantitative estimate of drug-likeness (QED) is 0.515. The molecule has 4 aromatic rings. The van der Waals surface area contributed by atoms with Gasteiger partial charge < -0.3 is 19.2 Å². The van der Waals surface area contributed by atoms with Crippen molar-refractivity contribution in [2.45, 2.75) is 0 Å². The van der Waals surface area contributed by atoms with Crippen molar-refractivity contribution in [3.8, 4) is 11.5 Å². The number of para-hydroxylation sites is 3. The highest BCUT2D eigenvalue weighted by Gasteiger charge is 2.15. The second-order valence-electron chi connectivity index (χ2n) is 6.47. The zero-order chi connectivity index (χ0) is 20.9. The zero-order valence-corrected chi connectivity index (χ0v) is 16.6. The molecule has 6 heteroatoms. The molecule has 0 saturated heterocycles. The standard InChI is InChI=1S/C24H20N2O4/c1-28-18-10-7-9-17(15-18)25-24-19(14-16-8-3-5-12-21(16)30-24)23(27)26-20-11-4-6-13-22(20)29-2/h3-15H,1-2H3,(H,26,27). The number of methoxy groups -OCH3 is 2. The largest absolute Gasteiger partial charge is 0.497 e. The van der Waals surface area contributed by atoms with E-state index in [-0.39, 0.29) is 11.5 Å². The van der Waals surface area contributed by atoms with Crippen LogP contribution in [0, 0.1) is 0 Å². The Morgan fingerprint density at radius 2 is 1.70 bits per heavy atom. The third-order valence-corrected chi connectivity index (χ3v) is 4.54. The Kier molecular flexibility index (Phi) is 5.48. The molecule has 0 aliphatic heterocycles. The molecular weight excluding hydrogens is 380 g/mol. The molecule has 3 aromatic carbocycles. The highest BCUT2D eigenvalue weighted by molar-refractivity contribution is 6.06. The van der Waals surface area contributed by atoms with Crippen LogP contribution in [-0.4, -0.2) is 20.1 Å². The molecule has 0 unspecified atom stereocenters. The SMILES string of the molecule is COc1cccc(N=c2oc3ccccc3cc2C(=O)Nc2ccccc2OC)c1. The van der Waals surface area contributed by atoms with Gasteiger partial charge in [0.05, 0.1) is 25.6 Å². The first kappa shape index (κ1) is 19.3. The molecule has 150 valence electrons. The maximum atomic E-state index is 13.1. The fourth-order valence-corrected chi connectivity index (χ4v) is 3.05. The normalized spacial score (nSPS) is 11.3. The Balaban J connectivity index is 1.84. The van der Waals surface area contributed by atoms with Gasteiger partial charge in [0.15, 0.2) is 0 Å². The molecule has 1 aromatic heterocycles. The lowest BCUT2D eigenvalue weighted by molar-refractivity contribution is 0.102. The van der Waals surface area contributed by atoms with Crippen LogP contribution in [0.2, 0.25) is 0 Å². The Hall–Kier alpha value is -4.06. The van der Waals surface area contributed by atoms with E-state index < -0.39 is 0 Å². The van der Waals surface area contributed by atoms with Crippen LogP contribution in [0.5, 0.6) is 11.5 Å². The fraction of sp³-hybridized carbons (Fsp3) is 0.0833. The Bertz CT molecular complexity index is 1280. The molecule has 30 heavy (non-hydrogen) atoms. The number of carbonyl (C=O) groups is 1. The fourth-order valence-electron chi connectivity index (χ4n) is 3.05. The Labute approximate surface area is 173 Å². The molecule has 0 saturated carbocycles. The summed E-state index contributed by atoms with van der Waals surface area (Å²) in [6.07, 6.45) is 0. The van der Waals surface area contributed by atoms with Crippen LogP contribution in [0.3, 0.4) is 0 Å². The van der Waals surface area contributed by atoms with E-state index in [9.17, 15) is 4.79 Å². The van der Waals surface area contributed by atoms with Crippen LogP contribution in [0.4, 0.5) is 11.4 Å². The minimum Gasteiger partial charge on any atom is -0.497 e. The minimum absolute atomic E-state index is 0.203. The van der Waals surface area contributed by atoms with Crippen molar-refractivity contribution in [2.75, 3.05) is 19.5 Å². The van der Waals surface area contributed by atoms with E-state index in [0.717, 1.165) is 5.39 Å². The summed E-state index contributed by atoms with van der Waals surface area (Å²) in [5.74, 6) is 0.877. The van der Waals surface area contributed by atoms with Crippen LogP contribution >= 0.6 is 0 Å². The molecule has 1 heterocycles. The first-order chi connectivity index (χ1) is 14.7. The summed E-state index contributed by atoms with van der Waals surface area (Å²) in [6, 6.07) is 23.7. The summed E-state index contributed by atoms with van der Waals surface area (Å²) in [6.45, 7) is 0. The summed E-state index contributed by atoms with van der Waals surface area (Å²) in [5.41, 5.74) is 2.31. The van der Waals surface area contributed by atoms with Gasteiger partial charge in [-0.15, -0.1) is 0 Å². The first-order valence-corrected chi connectivity index (χ1v) is 9.34. The van der Waals surface area contributed by atoms with Gasteiger partial charge in [-0.2, -0.15) is 0 Å². The third-order valence-electron chi connectivity index (χ3n) is 4.54. The second kappa shape index (κ2) is 8.53. The van der Waals surface area contributed by atoms with Gasteiger partial charge in [0.1, 0.15) is 22.6 Å². The molecule has 0 fully saturated rings. The maximum absolute atomic E-state index is 13.1. The average Bonchev–Trinajstić information content (AvgIpc) is 2.79. The molecule has 0 bridgehead atoms. The van der Waals surface area contributed by atoms with Crippen molar-refractivity contribution in [1.29, 1.82) is 0 Å². The van der Waals surface area contributed by atoms with E-state index in [4.69, 9.17) is 13.9 Å². The van der Waals surface area contributed by atoms with E-state index in [1.807, 2.05) is 54.6 Å². The lowest BCUT2D eigenvalue weighted by Crippen LogP contribution is -2.21. The minimum atomic E-state index is -0.351. The monoisotopic (exact) mass is 400 g/mol. The molecular formula is C24H20N2O4. The highest BCUT2D eigenvalue weighted by atomic mass is 16.5. The van der Waals surface area contributed by atoms with Crippen molar-refractivity contribution in [2.24, 2.45) is 4.99 Å². The molecule has 0 aliphatic rings. The van der Waals surface area contributed by atoms with Crippen LogP contribution in [0.25, 0.3) is 11.0 Å². The molecule has 0 aliphatic carbocycles. The summed E-state index contributed by atoms with van der Waals surface area (Å²) in [5, 5.41) is 3.68. The molecule has 6 nitrogen and oxygen atoms in total. The summed E-state index contributed by atoms with van der Waals surface area (Å²) in [7, 11) is 3.14. The van der Waals surface area contributed by atoms with Crippen molar-refractivity contribution in [1.82, 2.24) is 0 Å². The Morgan fingerprint density at radius 3 is 2.53 bits per heavy atom. The summed E-state index contributed by atoms with van der Waals surface area (Å²) < 4.78 is 16.6. The van der Waals surface area contributed by atoms with E-state index in [0.29, 0.717) is 34.0 Å². The number of ether oxygens (including phenoxy) is 2. The number of anilines is 1. The molecule has 0 spiro atoms. The molecule has 4 rings (SSSR count). The average molecular weight is 400 g/mol. The van der Waals surface area contributed by atoms with Gasteiger partial charge in [0, 0.05) is 11.5 Å². The zero-order valence-electron chi connectivity index (χ0n) is 16.6. The molecule has 0 atom stereocenters. The van der Waals surface area contributed by atoms with Gasteiger partial charge in [-0.3, -0.25) is 4.79 Å². The maximum Gasteiger partial charge on any atom is 0.261 e. The van der Waals surface area contributed by atoms with Crippen molar-refractivity contribution in [3.63, 3.8) is 0 Å². The number of amides is 1. The number of rotatable bonds is 5. The second-order valence-corrected chi connectivity index (χ2v) is 6.47. The Morgan fingerprint density at radius 1 is 0.900 bits per heavy atom. The number of carbonyl (C=O) groups excluding carboxylic acids is 1. The highest BCUT2D eigenvalue weighted by Crippen LogP contribution is 2.24. The topological polar surface area (TPSA) is 73.1 Å². The number of nitrogens with zero attached hydrogens (tertiary/aromatic N) is 1. The number of hydrogen-bond acceptors (Lipinski definition) is 5. The van der Waals surface area contributed by atoms with Crippen LogP contribution in [0.1, 0.15) is 10.4 Å². The van der Waals surface area contributed by atoms with E-state index >= 15 is 0 Å². The predicted octanol–water partition coefficient (Wildman–Crippen LogP) is 4.93. The van der Waals surface area contributed by atoms with Crippen LogP contribution in [0.15, 0.2) is 88.3 Å². The van der Waals surface area contributed by atoms with Crippen molar-refractivity contribution >= 4 is 28.3 Å². The number of nitrogens with one attached hydrogen (secondary N) is 1. The molecule has 0 radical (unpaired) electrons.